The number of amides is 1. The highest BCUT2D eigenvalue weighted by Crippen LogP contribution is 2.18. The number of aromatic nitrogens is 2. The van der Waals surface area contributed by atoms with Gasteiger partial charge in [0.2, 0.25) is 5.91 Å². The summed E-state index contributed by atoms with van der Waals surface area (Å²) in [6.07, 6.45) is 0. The minimum atomic E-state index is -0.318. The first-order valence-electron chi connectivity index (χ1n) is 5.65. The summed E-state index contributed by atoms with van der Waals surface area (Å²) in [5.41, 5.74) is 1.12. The monoisotopic (exact) mass is 277 g/mol. The number of nitrogens with zero attached hydrogens (tertiary/aromatic N) is 2. The Morgan fingerprint density at radius 1 is 1.26 bits per heavy atom. The van der Waals surface area contributed by atoms with Gasteiger partial charge in [0.1, 0.15) is 6.54 Å². The van der Waals surface area contributed by atoms with Crippen molar-refractivity contribution in [3.63, 3.8) is 0 Å². The molecule has 0 aliphatic carbocycles. The molecule has 1 amide bonds. The molecule has 0 saturated heterocycles. The average Bonchev–Trinajstić information content (AvgIpc) is 2.42. The first-order valence-corrected chi connectivity index (χ1v) is 6.02. The molecule has 98 valence electrons. The zero-order chi connectivity index (χ0) is 13.8. The number of hydrogen-bond donors (Lipinski definition) is 1. The van der Waals surface area contributed by atoms with E-state index in [9.17, 15) is 9.59 Å². The van der Waals surface area contributed by atoms with Crippen molar-refractivity contribution in [2.75, 3.05) is 7.05 Å². The Bertz CT molecular complexity index is 650. The molecule has 1 N–H and O–H groups in total. The minimum Gasteiger partial charge on any atom is -0.358 e. The highest BCUT2D eigenvalue weighted by molar-refractivity contribution is 6.30. The van der Waals surface area contributed by atoms with Crippen molar-refractivity contribution in [2.24, 2.45) is 0 Å². The van der Waals surface area contributed by atoms with Crippen molar-refractivity contribution in [1.82, 2.24) is 15.1 Å². The van der Waals surface area contributed by atoms with Crippen LogP contribution in [0.3, 0.4) is 0 Å². The molecule has 0 aliphatic rings. The van der Waals surface area contributed by atoms with Crippen LogP contribution in [0.25, 0.3) is 11.3 Å². The fourth-order valence-corrected chi connectivity index (χ4v) is 1.68. The van der Waals surface area contributed by atoms with Crippen LogP contribution >= 0.6 is 11.6 Å². The molecule has 0 unspecified atom stereocenters. The zero-order valence-corrected chi connectivity index (χ0v) is 11.0. The SMILES string of the molecule is CNC(=O)Cn1nc(-c2ccc(Cl)cc2)ccc1=O. The van der Waals surface area contributed by atoms with Crippen LogP contribution in [-0.4, -0.2) is 22.7 Å². The summed E-state index contributed by atoms with van der Waals surface area (Å²) in [5.74, 6) is -0.275. The minimum absolute atomic E-state index is 0.100. The van der Waals surface area contributed by atoms with Crippen LogP contribution in [0.2, 0.25) is 5.02 Å². The maximum atomic E-state index is 11.6. The lowest BCUT2D eigenvalue weighted by Gasteiger charge is -2.06. The number of benzene rings is 1. The van der Waals surface area contributed by atoms with Gasteiger partial charge in [-0.2, -0.15) is 5.10 Å². The molecule has 1 aromatic heterocycles. The highest BCUT2D eigenvalue weighted by Gasteiger charge is 2.06. The van der Waals surface area contributed by atoms with Crippen LogP contribution in [0.5, 0.6) is 0 Å². The Morgan fingerprint density at radius 2 is 1.95 bits per heavy atom. The summed E-state index contributed by atoms with van der Waals surface area (Å²) >= 11 is 5.81. The van der Waals surface area contributed by atoms with E-state index >= 15 is 0 Å². The topological polar surface area (TPSA) is 64.0 Å². The van der Waals surface area contributed by atoms with Crippen molar-refractivity contribution < 1.29 is 4.79 Å². The molecule has 0 fully saturated rings. The second-order valence-corrected chi connectivity index (χ2v) is 4.33. The Balaban J connectivity index is 2.38. The fraction of sp³-hybridized carbons (Fsp3) is 0.154. The normalized spacial score (nSPS) is 10.2. The smallest absolute Gasteiger partial charge is 0.267 e. The zero-order valence-electron chi connectivity index (χ0n) is 10.3. The van der Waals surface area contributed by atoms with Gasteiger partial charge < -0.3 is 5.32 Å². The summed E-state index contributed by atoms with van der Waals surface area (Å²) < 4.78 is 1.13. The average molecular weight is 278 g/mol. The van der Waals surface area contributed by atoms with Crippen LogP contribution in [0.1, 0.15) is 0 Å². The largest absolute Gasteiger partial charge is 0.358 e. The van der Waals surface area contributed by atoms with Crippen molar-refractivity contribution in [1.29, 1.82) is 0 Å². The Hall–Kier alpha value is -2.14. The van der Waals surface area contributed by atoms with Gasteiger partial charge in [-0.25, -0.2) is 4.68 Å². The summed E-state index contributed by atoms with van der Waals surface area (Å²) in [6, 6.07) is 10.1. The van der Waals surface area contributed by atoms with Crippen LogP contribution < -0.4 is 10.9 Å². The third-order valence-electron chi connectivity index (χ3n) is 2.58. The van der Waals surface area contributed by atoms with E-state index in [2.05, 4.69) is 10.4 Å². The van der Waals surface area contributed by atoms with Gasteiger partial charge in [0.25, 0.3) is 5.56 Å². The lowest BCUT2D eigenvalue weighted by atomic mass is 10.1. The predicted molar refractivity (Wildman–Crippen MR) is 73.0 cm³/mol. The molecule has 0 bridgehead atoms. The molecule has 0 saturated carbocycles. The van der Waals surface area contributed by atoms with Gasteiger partial charge >= 0.3 is 0 Å². The maximum absolute atomic E-state index is 11.6. The van der Waals surface area contributed by atoms with Gasteiger partial charge in [-0.1, -0.05) is 23.7 Å². The highest BCUT2D eigenvalue weighted by atomic mass is 35.5. The number of carbonyl (C=O) groups is 1. The van der Waals surface area contributed by atoms with Crippen molar-refractivity contribution >= 4 is 17.5 Å². The molecular weight excluding hydrogens is 266 g/mol. The standard InChI is InChI=1S/C13H12ClN3O2/c1-15-12(18)8-17-13(19)7-6-11(16-17)9-2-4-10(14)5-3-9/h2-7H,8H2,1H3,(H,15,18). The lowest BCUT2D eigenvalue weighted by molar-refractivity contribution is -0.121. The maximum Gasteiger partial charge on any atom is 0.267 e. The van der Waals surface area contributed by atoms with E-state index in [1.807, 2.05) is 0 Å². The first-order chi connectivity index (χ1) is 9.10. The second kappa shape index (κ2) is 5.67. The van der Waals surface area contributed by atoms with Gasteiger partial charge in [-0.3, -0.25) is 9.59 Å². The first kappa shape index (κ1) is 13.3. The number of halogens is 1. The molecule has 2 aromatic rings. The predicted octanol–water partition coefficient (Wildman–Crippen LogP) is 1.31. The van der Waals surface area contributed by atoms with Gasteiger partial charge in [-0.15, -0.1) is 0 Å². The van der Waals surface area contributed by atoms with E-state index in [1.165, 1.54) is 13.1 Å². The van der Waals surface area contributed by atoms with Crippen molar-refractivity contribution in [2.45, 2.75) is 6.54 Å². The molecular formula is C13H12ClN3O2. The summed E-state index contributed by atoms with van der Waals surface area (Å²) in [4.78, 5) is 22.9. The van der Waals surface area contributed by atoms with E-state index in [-0.39, 0.29) is 18.0 Å². The van der Waals surface area contributed by atoms with Crippen LogP contribution in [0.15, 0.2) is 41.2 Å². The molecule has 5 nitrogen and oxygen atoms in total. The van der Waals surface area contributed by atoms with E-state index in [4.69, 9.17) is 11.6 Å². The van der Waals surface area contributed by atoms with E-state index in [0.29, 0.717) is 10.7 Å². The molecule has 6 heteroatoms. The van der Waals surface area contributed by atoms with E-state index in [1.54, 1.807) is 30.3 Å². The molecule has 0 spiro atoms. The molecule has 2 rings (SSSR count). The summed E-state index contributed by atoms with van der Waals surface area (Å²) in [6.45, 7) is -0.100. The van der Waals surface area contributed by atoms with E-state index in [0.717, 1.165) is 10.2 Å². The third-order valence-corrected chi connectivity index (χ3v) is 2.83. The van der Waals surface area contributed by atoms with Crippen molar-refractivity contribution in [3.8, 4) is 11.3 Å². The van der Waals surface area contributed by atoms with Crippen molar-refractivity contribution in [3.05, 3.63) is 51.8 Å². The molecule has 1 aromatic carbocycles. The van der Waals surface area contributed by atoms with Gasteiger partial charge in [0, 0.05) is 23.7 Å². The van der Waals surface area contributed by atoms with Crippen LogP contribution in [0, 0.1) is 0 Å². The number of carbonyl (C=O) groups excluding carboxylic acids is 1. The molecule has 0 radical (unpaired) electrons. The Morgan fingerprint density at radius 3 is 2.58 bits per heavy atom. The molecule has 0 atom stereocenters. The van der Waals surface area contributed by atoms with E-state index < -0.39 is 0 Å². The Kier molecular flexibility index (Phi) is 3.97. The summed E-state index contributed by atoms with van der Waals surface area (Å²) in [7, 11) is 1.51. The molecule has 19 heavy (non-hydrogen) atoms. The molecule has 0 aliphatic heterocycles. The summed E-state index contributed by atoms with van der Waals surface area (Å²) in [5, 5.41) is 7.24. The number of likely N-dealkylation sites (N-methyl/N-ethyl adjacent to an activating group) is 1. The van der Waals surface area contributed by atoms with Gasteiger partial charge in [0.15, 0.2) is 0 Å². The van der Waals surface area contributed by atoms with Crippen LogP contribution in [-0.2, 0) is 11.3 Å². The molecule has 1 heterocycles. The number of hydrogen-bond acceptors (Lipinski definition) is 3. The number of nitrogens with one attached hydrogen (secondary N) is 1. The van der Waals surface area contributed by atoms with Gasteiger partial charge in [0.05, 0.1) is 5.69 Å². The quantitative estimate of drug-likeness (QED) is 0.920. The third kappa shape index (κ3) is 3.20. The lowest BCUT2D eigenvalue weighted by Crippen LogP contribution is -2.31. The fourth-order valence-electron chi connectivity index (χ4n) is 1.55. The second-order valence-electron chi connectivity index (χ2n) is 3.89. The Labute approximate surface area is 114 Å². The van der Waals surface area contributed by atoms with Gasteiger partial charge in [-0.05, 0) is 18.2 Å². The van der Waals surface area contributed by atoms with Crippen LogP contribution in [0.4, 0.5) is 0 Å². The number of rotatable bonds is 3.